The Labute approximate surface area is 124 Å². The summed E-state index contributed by atoms with van der Waals surface area (Å²) in [6.07, 6.45) is 0.351. The minimum Gasteiger partial charge on any atom is -0.355 e. The van der Waals surface area contributed by atoms with Crippen molar-refractivity contribution in [2.45, 2.75) is 41.0 Å². The van der Waals surface area contributed by atoms with Gasteiger partial charge in [-0.2, -0.15) is 4.99 Å². The molecular formula is C15H23N3O3. The molecule has 0 saturated heterocycles. The molecular weight excluding hydrogens is 270 g/mol. The van der Waals surface area contributed by atoms with Crippen LogP contribution in [0.1, 0.15) is 41.0 Å². The quantitative estimate of drug-likeness (QED) is 0.754. The third-order valence-electron chi connectivity index (χ3n) is 5.22. The van der Waals surface area contributed by atoms with Crippen molar-refractivity contribution in [3.05, 3.63) is 0 Å². The molecule has 0 aromatic rings. The standard InChI is InChI=1S/C15H23N3O3/c1-8-11(19)17-9(18-12(8)20)6-7-16-13(21)10-14(2,3)15(10,4)5/h8,10H,6-7H2,1-5H3,(H,16,21)(H,17,18,19,20). The zero-order chi connectivity index (χ0) is 16.0. The molecule has 2 N–H and O–H groups in total. The van der Waals surface area contributed by atoms with Gasteiger partial charge in [0.25, 0.3) is 5.91 Å². The highest BCUT2D eigenvalue weighted by Gasteiger charge is 2.68. The zero-order valence-corrected chi connectivity index (χ0v) is 13.2. The van der Waals surface area contributed by atoms with Crippen molar-refractivity contribution in [1.29, 1.82) is 0 Å². The Hall–Kier alpha value is -1.72. The first-order valence-corrected chi connectivity index (χ1v) is 7.29. The average molecular weight is 293 g/mol. The summed E-state index contributed by atoms with van der Waals surface area (Å²) in [5, 5.41) is 5.45. The number of hydrogen-bond donors (Lipinski definition) is 2. The lowest BCUT2D eigenvalue weighted by Gasteiger charge is -2.17. The van der Waals surface area contributed by atoms with Crippen molar-refractivity contribution in [2.24, 2.45) is 27.7 Å². The fourth-order valence-corrected chi connectivity index (χ4v) is 3.00. The van der Waals surface area contributed by atoms with Gasteiger partial charge in [-0.05, 0) is 17.8 Å². The lowest BCUT2D eigenvalue weighted by atomic mass is 10.0. The molecule has 0 spiro atoms. The van der Waals surface area contributed by atoms with Crippen molar-refractivity contribution in [3.8, 4) is 0 Å². The van der Waals surface area contributed by atoms with Gasteiger partial charge in [0.05, 0.1) is 0 Å². The van der Waals surface area contributed by atoms with Crippen LogP contribution in [0.3, 0.4) is 0 Å². The number of amidine groups is 1. The van der Waals surface area contributed by atoms with Crippen LogP contribution in [0.4, 0.5) is 0 Å². The van der Waals surface area contributed by atoms with E-state index in [4.69, 9.17) is 0 Å². The summed E-state index contributed by atoms with van der Waals surface area (Å²) in [4.78, 5) is 38.9. The van der Waals surface area contributed by atoms with Gasteiger partial charge < -0.3 is 10.6 Å². The minimum absolute atomic E-state index is 0.000939. The smallest absolute Gasteiger partial charge is 0.259 e. The predicted octanol–water partition coefficient (Wildman–Crippen LogP) is 0.866. The number of nitrogens with zero attached hydrogens (tertiary/aromatic N) is 1. The molecule has 0 bridgehead atoms. The second-order valence-corrected chi connectivity index (χ2v) is 7.03. The van der Waals surface area contributed by atoms with Crippen molar-refractivity contribution in [3.63, 3.8) is 0 Å². The lowest BCUT2D eigenvalue weighted by molar-refractivity contribution is -0.132. The van der Waals surface area contributed by atoms with Gasteiger partial charge in [-0.3, -0.25) is 14.4 Å². The molecule has 1 atom stereocenters. The molecule has 0 aromatic heterocycles. The number of hydrogen-bond acceptors (Lipinski definition) is 3. The summed E-state index contributed by atoms with van der Waals surface area (Å²) in [5.74, 6) is -1.14. The Kier molecular flexibility index (Phi) is 3.68. The number of carbonyl (C=O) groups excluding carboxylic acids is 3. The molecule has 1 heterocycles. The van der Waals surface area contributed by atoms with Crippen LogP contribution in [-0.4, -0.2) is 30.1 Å². The Balaban J connectivity index is 1.84. The normalized spacial score (nSPS) is 26.9. The predicted molar refractivity (Wildman–Crippen MR) is 78.4 cm³/mol. The zero-order valence-electron chi connectivity index (χ0n) is 13.2. The number of aliphatic imine (C=N–C) groups is 1. The van der Waals surface area contributed by atoms with Crippen LogP contribution in [0.2, 0.25) is 0 Å². The van der Waals surface area contributed by atoms with Gasteiger partial charge in [-0.1, -0.05) is 27.7 Å². The highest BCUT2D eigenvalue weighted by Crippen LogP contribution is 2.68. The fraction of sp³-hybridized carbons (Fsp3) is 0.733. The Morgan fingerprint density at radius 2 is 1.81 bits per heavy atom. The van der Waals surface area contributed by atoms with Crippen LogP contribution < -0.4 is 10.6 Å². The minimum atomic E-state index is -0.726. The van der Waals surface area contributed by atoms with Crippen molar-refractivity contribution < 1.29 is 14.4 Å². The Morgan fingerprint density at radius 1 is 1.24 bits per heavy atom. The SMILES string of the molecule is CC1C(=O)N=C(CCNC(=O)C2C(C)(C)C2(C)C)NC1=O. The third kappa shape index (κ3) is 2.59. The molecule has 6 nitrogen and oxygen atoms in total. The molecule has 6 heteroatoms. The van der Waals surface area contributed by atoms with Gasteiger partial charge in [0, 0.05) is 18.9 Å². The lowest BCUT2D eigenvalue weighted by Crippen LogP contribution is -2.44. The van der Waals surface area contributed by atoms with Crippen LogP contribution in [0.5, 0.6) is 0 Å². The van der Waals surface area contributed by atoms with E-state index in [9.17, 15) is 14.4 Å². The molecule has 3 amide bonds. The highest BCUT2D eigenvalue weighted by atomic mass is 16.2. The van der Waals surface area contributed by atoms with Gasteiger partial charge in [0.1, 0.15) is 11.8 Å². The summed E-state index contributed by atoms with van der Waals surface area (Å²) in [5.41, 5.74) is -0.00188. The van der Waals surface area contributed by atoms with E-state index in [1.54, 1.807) is 0 Å². The Bertz CT molecular complexity index is 520. The van der Waals surface area contributed by atoms with E-state index in [1.807, 2.05) is 0 Å². The summed E-state index contributed by atoms with van der Waals surface area (Å²) < 4.78 is 0. The van der Waals surface area contributed by atoms with Crippen LogP contribution in [0, 0.1) is 22.7 Å². The molecule has 1 fully saturated rings. The van der Waals surface area contributed by atoms with E-state index in [0.717, 1.165) is 0 Å². The second-order valence-electron chi connectivity index (χ2n) is 7.03. The first-order chi connectivity index (χ1) is 9.59. The molecule has 1 unspecified atom stereocenters. The number of amides is 3. The monoisotopic (exact) mass is 293 g/mol. The van der Waals surface area contributed by atoms with Gasteiger partial charge in [0.2, 0.25) is 11.8 Å². The summed E-state index contributed by atoms with van der Waals surface area (Å²) in [6, 6.07) is 0. The van der Waals surface area contributed by atoms with E-state index in [-0.39, 0.29) is 28.6 Å². The van der Waals surface area contributed by atoms with Crippen LogP contribution in [-0.2, 0) is 14.4 Å². The number of rotatable bonds is 4. The second kappa shape index (κ2) is 4.93. The molecule has 21 heavy (non-hydrogen) atoms. The maximum absolute atomic E-state index is 12.2. The van der Waals surface area contributed by atoms with E-state index in [1.165, 1.54) is 6.92 Å². The van der Waals surface area contributed by atoms with Crippen molar-refractivity contribution in [1.82, 2.24) is 10.6 Å². The summed E-state index contributed by atoms with van der Waals surface area (Å²) in [7, 11) is 0. The van der Waals surface area contributed by atoms with Gasteiger partial charge in [0.15, 0.2) is 0 Å². The Morgan fingerprint density at radius 3 is 2.29 bits per heavy atom. The molecule has 1 aliphatic heterocycles. The van der Waals surface area contributed by atoms with E-state index in [2.05, 4.69) is 43.3 Å². The van der Waals surface area contributed by atoms with Crippen LogP contribution in [0.25, 0.3) is 0 Å². The van der Waals surface area contributed by atoms with E-state index >= 15 is 0 Å². The fourth-order valence-electron chi connectivity index (χ4n) is 3.00. The molecule has 116 valence electrons. The molecule has 0 aromatic carbocycles. The first-order valence-electron chi connectivity index (χ1n) is 7.29. The maximum atomic E-state index is 12.2. The largest absolute Gasteiger partial charge is 0.355 e. The molecule has 2 aliphatic rings. The maximum Gasteiger partial charge on any atom is 0.259 e. The van der Waals surface area contributed by atoms with Crippen LogP contribution in [0.15, 0.2) is 4.99 Å². The molecule has 1 aliphatic carbocycles. The van der Waals surface area contributed by atoms with E-state index in [0.29, 0.717) is 18.8 Å². The highest BCUT2D eigenvalue weighted by molar-refractivity contribution is 6.15. The van der Waals surface area contributed by atoms with Crippen molar-refractivity contribution >= 4 is 23.6 Å². The first kappa shape index (κ1) is 15.7. The number of carbonyl (C=O) groups is 3. The third-order valence-corrected chi connectivity index (χ3v) is 5.22. The summed E-state index contributed by atoms with van der Waals surface area (Å²) >= 11 is 0. The molecule has 2 rings (SSSR count). The van der Waals surface area contributed by atoms with Gasteiger partial charge in [-0.15, -0.1) is 0 Å². The van der Waals surface area contributed by atoms with Crippen LogP contribution >= 0.6 is 0 Å². The van der Waals surface area contributed by atoms with E-state index < -0.39 is 11.8 Å². The van der Waals surface area contributed by atoms with Gasteiger partial charge >= 0.3 is 0 Å². The topological polar surface area (TPSA) is 87.6 Å². The molecule has 0 radical (unpaired) electrons. The average Bonchev–Trinajstić information content (AvgIpc) is 2.76. The van der Waals surface area contributed by atoms with Gasteiger partial charge in [-0.25, -0.2) is 0 Å². The summed E-state index contributed by atoms with van der Waals surface area (Å²) in [6.45, 7) is 10.2. The molecule has 1 saturated carbocycles. The number of nitrogens with one attached hydrogen (secondary N) is 2. The van der Waals surface area contributed by atoms with Crippen molar-refractivity contribution in [2.75, 3.05) is 6.54 Å².